The van der Waals surface area contributed by atoms with E-state index >= 15 is 0 Å². The van der Waals surface area contributed by atoms with Crippen molar-refractivity contribution in [2.24, 2.45) is 17.8 Å². The highest BCUT2D eigenvalue weighted by molar-refractivity contribution is 5.24. The zero-order chi connectivity index (χ0) is 14.7. The van der Waals surface area contributed by atoms with Crippen molar-refractivity contribution in [1.82, 2.24) is 5.32 Å². The van der Waals surface area contributed by atoms with E-state index in [1.807, 2.05) is 6.92 Å². The number of hydrogen-bond acceptors (Lipinski definition) is 1. The molecule has 1 saturated carbocycles. The number of nitrogens with one attached hydrogen (secondary N) is 1. The summed E-state index contributed by atoms with van der Waals surface area (Å²) in [5.41, 5.74) is 0.223. The summed E-state index contributed by atoms with van der Waals surface area (Å²) in [7, 11) is 0. The number of rotatable bonds is 4. The van der Waals surface area contributed by atoms with Gasteiger partial charge in [0.2, 0.25) is 0 Å². The highest BCUT2D eigenvalue weighted by atomic mass is 19.1. The Balaban J connectivity index is 2.27. The van der Waals surface area contributed by atoms with Gasteiger partial charge in [0.15, 0.2) is 0 Å². The van der Waals surface area contributed by atoms with Gasteiger partial charge in [-0.3, -0.25) is 0 Å². The van der Waals surface area contributed by atoms with Crippen molar-refractivity contribution < 1.29 is 8.78 Å². The van der Waals surface area contributed by atoms with E-state index < -0.39 is 11.6 Å². The van der Waals surface area contributed by atoms with Crippen LogP contribution in [0.1, 0.15) is 51.6 Å². The fraction of sp³-hybridized carbons (Fsp3) is 0.647. The molecule has 1 aromatic carbocycles. The topological polar surface area (TPSA) is 12.0 Å². The Morgan fingerprint density at radius 1 is 1.15 bits per heavy atom. The second-order valence-electron chi connectivity index (χ2n) is 6.20. The van der Waals surface area contributed by atoms with Crippen molar-refractivity contribution in [2.75, 3.05) is 6.54 Å². The molecule has 4 atom stereocenters. The van der Waals surface area contributed by atoms with E-state index in [0.29, 0.717) is 17.8 Å². The first-order chi connectivity index (χ1) is 9.54. The third-order valence-corrected chi connectivity index (χ3v) is 4.84. The van der Waals surface area contributed by atoms with Gasteiger partial charge in [0.1, 0.15) is 11.6 Å². The van der Waals surface area contributed by atoms with E-state index in [-0.39, 0.29) is 11.6 Å². The summed E-state index contributed by atoms with van der Waals surface area (Å²) in [6.07, 6.45) is 3.22. The summed E-state index contributed by atoms with van der Waals surface area (Å²) in [4.78, 5) is 0. The van der Waals surface area contributed by atoms with Crippen LogP contribution in [-0.2, 0) is 0 Å². The molecule has 1 aliphatic carbocycles. The fourth-order valence-electron chi connectivity index (χ4n) is 3.42. The standard InChI is InChI=1S/C17H25F2N/c1-4-20-17(13-9-8-11(2)12(3)10-13)16-14(18)6-5-7-15(16)19/h5-7,11-13,17,20H,4,8-10H2,1-3H3. The molecule has 20 heavy (non-hydrogen) atoms. The zero-order valence-electron chi connectivity index (χ0n) is 12.6. The summed E-state index contributed by atoms with van der Waals surface area (Å²) >= 11 is 0. The summed E-state index contributed by atoms with van der Waals surface area (Å²) in [6, 6.07) is 3.94. The summed E-state index contributed by atoms with van der Waals surface area (Å²) < 4.78 is 28.1. The smallest absolute Gasteiger partial charge is 0.130 e. The van der Waals surface area contributed by atoms with Crippen LogP contribution in [0.2, 0.25) is 0 Å². The molecule has 112 valence electrons. The van der Waals surface area contributed by atoms with Gasteiger partial charge in [0.25, 0.3) is 0 Å². The average Bonchev–Trinajstić information content (AvgIpc) is 2.41. The van der Waals surface area contributed by atoms with Crippen LogP contribution in [0.25, 0.3) is 0 Å². The second kappa shape index (κ2) is 6.66. The van der Waals surface area contributed by atoms with Crippen LogP contribution < -0.4 is 5.32 Å². The van der Waals surface area contributed by atoms with Crippen LogP contribution in [-0.4, -0.2) is 6.54 Å². The molecule has 0 heterocycles. The lowest BCUT2D eigenvalue weighted by Gasteiger charge is -2.37. The highest BCUT2D eigenvalue weighted by Crippen LogP contribution is 2.40. The van der Waals surface area contributed by atoms with E-state index in [1.165, 1.54) is 18.2 Å². The van der Waals surface area contributed by atoms with Crippen molar-refractivity contribution in [3.63, 3.8) is 0 Å². The van der Waals surface area contributed by atoms with E-state index in [1.54, 1.807) is 0 Å². The third-order valence-electron chi connectivity index (χ3n) is 4.84. The zero-order valence-corrected chi connectivity index (χ0v) is 12.6. The first-order valence-corrected chi connectivity index (χ1v) is 7.71. The Morgan fingerprint density at radius 3 is 2.35 bits per heavy atom. The molecule has 0 bridgehead atoms. The quantitative estimate of drug-likeness (QED) is 0.844. The van der Waals surface area contributed by atoms with Gasteiger partial charge in [-0.25, -0.2) is 8.78 Å². The van der Waals surface area contributed by atoms with Crippen LogP contribution in [0.5, 0.6) is 0 Å². The Hall–Kier alpha value is -0.960. The molecule has 1 aromatic rings. The SMILES string of the molecule is CCNC(c1c(F)cccc1F)C1CCC(C)C(C)C1. The molecule has 2 rings (SSSR count). The van der Waals surface area contributed by atoms with Crippen LogP contribution >= 0.6 is 0 Å². The van der Waals surface area contributed by atoms with Crippen LogP contribution in [0.15, 0.2) is 18.2 Å². The minimum atomic E-state index is -0.428. The maximum Gasteiger partial charge on any atom is 0.130 e. The minimum Gasteiger partial charge on any atom is -0.310 e. The Labute approximate surface area is 120 Å². The monoisotopic (exact) mass is 281 g/mol. The predicted molar refractivity (Wildman–Crippen MR) is 78.4 cm³/mol. The predicted octanol–water partition coefficient (Wildman–Crippen LogP) is 4.69. The number of hydrogen-bond donors (Lipinski definition) is 1. The van der Waals surface area contributed by atoms with Gasteiger partial charge in [-0.2, -0.15) is 0 Å². The molecule has 1 fully saturated rings. The number of halogens is 2. The van der Waals surface area contributed by atoms with E-state index in [4.69, 9.17) is 0 Å². The van der Waals surface area contributed by atoms with Crippen molar-refractivity contribution in [1.29, 1.82) is 0 Å². The molecule has 1 N–H and O–H groups in total. The van der Waals surface area contributed by atoms with Crippen LogP contribution in [0.4, 0.5) is 8.78 Å². The van der Waals surface area contributed by atoms with Gasteiger partial charge in [0.05, 0.1) is 0 Å². The van der Waals surface area contributed by atoms with Gasteiger partial charge in [-0.05, 0) is 49.3 Å². The molecule has 0 amide bonds. The van der Waals surface area contributed by atoms with Crippen molar-refractivity contribution >= 4 is 0 Å². The second-order valence-corrected chi connectivity index (χ2v) is 6.20. The lowest BCUT2D eigenvalue weighted by molar-refractivity contribution is 0.168. The van der Waals surface area contributed by atoms with E-state index in [0.717, 1.165) is 25.8 Å². The molecule has 0 radical (unpaired) electrons. The molecule has 0 spiro atoms. The van der Waals surface area contributed by atoms with Crippen molar-refractivity contribution in [2.45, 2.75) is 46.1 Å². The van der Waals surface area contributed by atoms with Crippen LogP contribution in [0.3, 0.4) is 0 Å². The van der Waals surface area contributed by atoms with Gasteiger partial charge >= 0.3 is 0 Å². The van der Waals surface area contributed by atoms with E-state index in [9.17, 15) is 8.78 Å². The summed E-state index contributed by atoms with van der Waals surface area (Å²) in [6.45, 7) is 7.23. The maximum absolute atomic E-state index is 14.1. The maximum atomic E-state index is 14.1. The normalized spacial score (nSPS) is 28.4. The molecular formula is C17H25F2N. The summed E-state index contributed by atoms with van der Waals surface area (Å²) in [5, 5.41) is 3.31. The Kier molecular flexibility index (Phi) is 5.14. The van der Waals surface area contributed by atoms with E-state index in [2.05, 4.69) is 19.2 Å². The molecule has 0 saturated heterocycles. The minimum absolute atomic E-state index is 0.212. The molecule has 1 aliphatic rings. The third kappa shape index (κ3) is 3.20. The van der Waals surface area contributed by atoms with Gasteiger partial charge in [-0.15, -0.1) is 0 Å². The number of benzene rings is 1. The van der Waals surface area contributed by atoms with Crippen molar-refractivity contribution in [3.8, 4) is 0 Å². The molecule has 3 heteroatoms. The molecule has 0 aliphatic heterocycles. The Bertz CT molecular complexity index is 426. The fourth-order valence-corrected chi connectivity index (χ4v) is 3.42. The highest BCUT2D eigenvalue weighted by Gasteiger charge is 2.33. The molecule has 0 aromatic heterocycles. The molecular weight excluding hydrogens is 256 g/mol. The van der Waals surface area contributed by atoms with Crippen molar-refractivity contribution in [3.05, 3.63) is 35.4 Å². The van der Waals surface area contributed by atoms with Gasteiger partial charge in [-0.1, -0.05) is 33.3 Å². The molecule has 1 nitrogen and oxygen atoms in total. The summed E-state index contributed by atoms with van der Waals surface area (Å²) in [5.74, 6) is 0.778. The first-order valence-electron chi connectivity index (χ1n) is 7.71. The Morgan fingerprint density at radius 2 is 1.80 bits per heavy atom. The average molecular weight is 281 g/mol. The van der Waals surface area contributed by atoms with Gasteiger partial charge in [0, 0.05) is 11.6 Å². The molecule has 4 unspecified atom stereocenters. The lowest BCUT2D eigenvalue weighted by Crippen LogP contribution is -2.34. The van der Waals surface area contributed by atoms with Crippen LogP contribution in [0, 0.1) is 29.4 Å². The first kappa shape index (κ1) is 15.4. The largest absolute Gasteiger partial charge is 0.310 e. The lowest BCUT2D eigenvalue weighted by atomic mass is 9.72. The van der Waals surface area contributed by atoms with Gasteiger partial charge < -0.3 is 5.32 Å².